The molecule has 1 saturated heterocycles. The van der Waals surface area contributed by atoms with Crippen molar-refractivity contribution in [2.75, 3.05) is 4.90 Å². The minimum Gasteiger partial charge on any atom is -0.373 e. The first kappa shape index (κ1) is 10.6. The first-order chi connectivity index (χ1) is 7.58. The summed E-state index contributed by atoms with van der Waals surface area (Å²) >= 11 is 0. The van der Waals surface area contributed by atoms with Crippen molar-refractivity contribution in [1.29, 1.82) is 0 Å². The van der Waals surface area contributed by atoms with Crippen molar-refractivity contribution < 1.29 is 14.7 Å². The van der Waals surface area contributed by atoms with Gasteiger partial charge in [-0.1, -0.05) is 17.7 Å². The molecule has 5 nitrogen and oxygen atoms in total. The molecule has 1 fully saturated rings. The van der Waals surface area contributed by atoms with E-state index in [1.54, 1.807) is 12.1 Å². The van der Waals surface area contributed by atoms with E-state index in [2.05, 4.69) is 5.32 Å². The summed E-state index contributed by atoms with van der Waals surface area (Å²) in [5.74, 6) is -0.403. The molecule has 1 atom stereocenters. The number of aliphatic hydroxyl groups excluding tert-OH is 1. The fourth-order valence-corrected chi connectivity index (χ4v) is 1.58. The van der Waals surface area contributed by atoms with E-state index in [0.717, 1.165) is 10.5 Å². The van der Waals surface area contributed by atoms with Gasteiger partial charge in [-0.05, 0) is 19.1 Å². The van der Waals surface area contributed by atoms with E-state index in [-0.39, 0.29) is 6.42 Å². The normalized spacial score (nSPS) is 20.9. The van der Waals surface area contributed by atoms with Gasteiger partial charge in [0, 0.05) is 0 Å². The molecule has 2 rings (SSSR count). The van der Waals surface area contributed by atoms with Gasteiger partial charge in [0.1, 0.15) is 6.23 Å². The van der Waals surface area contributed by atoms with E-state index in [1.807, 2.05) is 19.1 Å². The molecule has 2 N–H and O–H groups in total. The number of aliphatic hydroxyl groups is 1. The maximum atomic E-state index is 11.6. The Balaban J connectivity index is 2.29. The van der Waals surface area contributed by atoms with E-state index in [4.69, 9.17) is 0 Å². The standard InChI is InChI=1S/C11H12N2O3/c1-7-2-4-8(5-3-7)13-10(15)6-9(14)12-11(13)16/h2-5,9,14H,6H2,1H3,(H,12,16). The Morgan fingerprint density at radius 2 is 1.94 bits per heavy atom. The number of benzene rings is 1. The number of carbonyl (C=O) groups excluding carboxylic acids is 2. The van der Waals surface area contributed by atoms with Gasteiger partial charge in [0.2, 0.25) is 5.91 Å². The molecule has 1 unspecified atom stereocenters. The number of amides is 3. The molecular weight excluding hydrogens is 208 g/mol. The second-order valence-corrected chi connectivity index (χ2v) is 3.73. The summed E-state index contributed by atoms with van der Waals surface area (Å²) in [5.41, 5.74) is 1.56. The Bertz CT molecular complexity index is 409. The summed E-state index contributed by atoms with van der Waals surface area (Å²) in [6.07, 6.45) is -1.18. The van der Waals surface area contributed by atoms with Crippen molar-refractivity contribution in [3.05, 3.63) is 29.8 Å². The van der Waals surface area contributed by atoms with Crippen LogP contribution in [0.15, 0.2) is 24.3 Å². The summed E-state index contributed by atoms with van der Waals surface area (Å²) in [7, 11) is 0. The molecule has 16 heavy (non-hydrogen) atoms. The third kappa shape index (κ3) is 1.90. The van der Waals surface area contributed by atoms with E-state index in [1.165, 1.54) is 0 Å². The zero-order chi connectivity index (χ0) is 11.7. The van der Waals surface area contributed by atoms with Gasteiger partial charge in [-0.15, -0.1) is 0 Å². The number of hydrogen-bond acceptors (Lipinski definition) is 3. The number of imide groups is 1. The second kappa shape index (κ2) is 3.94. The summed E-state index contributed by atoms with van der Waals surface area (Å²) in [6.45, 7) is 1.92. The zero-order valence-electron chi connectivity index (χ0n) is 8.80. The Morgan fingerprint density at radius 1 is 1.31 bits per heavy atom. The number of anilines is 1. The van der Waals surface area contributed by atoms with Gasteiger partial charge in [-0.3, -0.25) is 4.79 Å². The molecular formula is C11H12N2O3. The van der Waals surface area contributed by atoms with Crippen molar-refractivity contribution in [1.82, 2.24) is 5.32 Å². The number of rotatable bonds is 1. The van der Waals surface area contributed by atoms with Crippen molar-refractivity contribution in [3.63, 3.8) is 0 Å². The van der Waals surface area contributed by atoms with Crippen molar-refractivity contribution in [2.24, 2.45) is 0 Å². The smallest absolute Gasteiger partial charge is 0.330 e. The largest absolute Gasteiger partial charge is 0.373 e. The molecule has 0 spiro atoms. The Kier molecular flexibility index (Phi) is 2.62. The van der Waals surface area contributed by atoms with Crippen LogP contribution in [0.5, 0.6) is 0 Å². The molecule has 0 aromatic heterocycles. The number of urea groups is 1. The van der Waals surface area contributed by atoms with E-state index >= 15 is 0 Å². The molecule has 1 aliphatic heterocycles. The summed E-state index contributed by atoms with van der Waals surface area (Å²) in [4.78, 5) is 24.2. The molecule has 5 heteroatoms. The quantitative estimate of drug-likeness (QED) is 0.734. The van der Waals surface area contributed by atoms with Crippen LogP contribution in [0.4, 0.5) is 10.5 Å². The van der Waals surface area contributed by atoms with Crippen LogP contribution in [0, 0.1) is 6.92 Å². The SMILES string of the molecule is Cc1ccc(N2C(=O)CC(O)NC2=O)cc1. The summed E-state index contributed by atoms with van der Waals surface area (Å²) in [6, 6.07) is 6.45. The molecule has 0 aliphatic carbocycles. The minimum atomic E-state index is -1.08. The lowest BCUT2D eigenvalue weighted by Crippen LogP contribution is -2.54. The second-order valence-electron chi connectivity index (χ2n) is 3.73. The maximum Gasteiger partial charge on any atom is 0.330 e. The van der Waals surface area contributed by atoms with Crippen LogP contribution in [-0.4, -0.2) is 23.3 Å². The maximum absolute atomic E-state index is 11.6. The van der Waals surface area contributed by atoms with Gasteiger partial charge in [-0.2, -0.15) is 0 Å². The molecule has 0 radical (unpaired) electrons. The first-order valence-corrected chi connectivity index (χ1v) is 4.96. The van der Waals surface area contributed by atoms with Crippen LogP contribution in [0.25, 0.3) is 0 Å². The average molecular weight is 220 g/mol. The number of hydrogen-bond donors (Lipinski definition) is 2. The van der Waals surface area contributed by atoms with Gasteiger partial charge in [-0.25, -0.2) is 9.69 Å². The molecule has 3 amide bonds. The summed E-state index contributed by atoms with van der Waals surface area (Å²) < 4.78 is 0. The molecule has 84 valence electrons. The van der Waals surface area contributed by atoms with E-state index in [0.29, 0.717) is 5.69 Å². The topological polar surface area (TPSA) is 69.6 Å². The number of nitrogens with one attached hydrogen (secondary N) is 1. The fourth-order valence-electron chi connectivity index (χ4n) is 1.58. The molecule has 0 saturated carbocycles. The third-order valence-corrected chi connectivity index (χ3v) is 2.40. The summed E-state index contributed by atoms with van der Waals surface area (Å²) in [5, 5.41) is 11.5. The van der Waals surface area contributed by atoms with Crippen LogP contribution in [-0.2, 0) is 4.79 Å². The molecule has 1 heterocycles. The van der Waals surface area contributed by atoms with Crippen molar-refractivity contribution >= 4 is 17.6 Å². The van der Waals surface area contributed by atoms with Crippen LogP contribution in [0.3, 0.4) is 0 Å². The van der Waals surface area contributed by atoms with Crippen molar-refractivity contribution in [2.45, 2.75) is 19.6 Å². The van der Waals surface area contributed by atoms with Gasteiger partial charge in [0.25, 0.3) is 0 Å². The van der Waals surface area contributed by atoms with Gasteiger partial charge < -0.3 is 10.4 Å². The Labute approximate surface area is 92.7 Å². The molecule has 0 bridgehead atoms. The zero-order valence-corrected chi connectivity index (χ0v) is 8.80. The average Bonchev–Trinajstić information content (AvgIpc) is 2.19. The minimum absolute atomic E-state index is 0.0976. The predicted molar refractivity (Wildman–Crippen MR) is 57.8 cm³/mol. The molecule has 1 aromatic rings. The number of carbonyl (C=O) groups is 2. The lowest BCUT2D eigenvalue weighted by Gasteiger charge is -2.28. The fraction of sp³-hybridized carbons (Fsp3) is 0.273. The van der Waals surface area contributed by atoms with E-state index < -0.39 is 18.2 Å². The highest BCUT2D eigenvalue weighted by Gasteiger charge is 2.31. The molecule has 1 aliphatic rings. The highest BCUT2D eigenvalue weighted by atomic mass is 16.3. The predicted octanol–water partition coefficient (Wildman–Crippen LogP) is 0.760. The van der Waals surface area contributed by atoms with Crippen LogP contribution in [0.1, 0.15) is 12.0 Å². The number of aryl methyl sites for hydroxylation is 1. The lowest BCUT2D eigenvalue weighted by atomic mass is 10.2. The number of nitrogens with zero attached hydrogens (tertiary/aromatic N) is 1. The van der Waals surface area contributed by atoms with Gasteiger partial charge >= 0.3 is 6.03 Å². The Morgan fingerprint density at radius 3 is 2.50 bits per heavy atom. The molecule has 1 aromatic carbocycles. The van der Waals surface area contributed by atoms with E-state index in [9.17, 15) is 14.7 Å². The Hall–Kier alpha value is -1.88. The van der Waals surface area contributed by atoms with Crippen LogP contribution >= 0.6 is 0 Å². The lowest BCUT2D eigenvalue weighted by molar-refractivity contribution is -0.121. The first-order valence-electron chi connectivity index (χ1n) is 4.96. The van der Waals surface area contributed by atoms with Gasteiger partial charge in [0.15, 0.2) is 0 Å². The van der Waals surface area contributed by atoms with Crippen LogP contribution < -0.4 is 10.2 Å². The van der Waals surface area contributed by atoms with Crippen LogP contribution in [0.2, 0.25) is 0 Å². The monoisotopic (exact) mass is 220 g/mol. The highest BCUT2D eigenvalue weighted by molar-refractivity contribution is 6.15. The third-order valence-electron chi connectivity index (χ3n) is 2.40. The highest BCUT2D eigenvalue weighted by Crippen LogP contribution is 2.19. The van der Waals surface area contributed by atoms with Gasteiger partial charge in [0.05, 0.1) is 12.1 Å². The van der Waals surface area contributed by atoms with Crippen molar-refractivity contribution in [3.8, 4) is 0 Å².